The molecule has 3 aromatic rings. The summed E-state index contributed by atoms with van der Waals surface area (Å²) in [6.45, 7) is 1.42. The molecule has 1 aliphatic rings. The highest BCUT2D eigenvalue weighted by atomic mass is 32.1. The fourth-order valence-electron chi connectivity index (χ4n) is 3.20. The van der Waals surface area contributed by atoms with Crippen LogP contribution in [0.1, 0.15) is 22.6 Å². The number of nitrogens with two attached hydrogens (primary N) is 2. The van der Waals surface area contributed by atoms with Gasteiger partial charge >= 0.3 is 6.18 Å². The molecule has 1 atom stereocenters. The van der Waals surface area contributed by atoms with Crippen molar-refractivity contribution in [1.29, 1.82) is 0 Å². The second-order valence-corrected chi connectivity index (χ2v) is 7.79. The van der Waals surface area contributed by atoms with Gasteiger partial charge in [-0.05, 0) is 30.7 Å². The molecule has 0 aliphatic carbocycles. The van der Waals surface area contributed by atoms with E-state index in [0.717, 1.165) is 36.1 Å². The topological polar surface area (TPSA) is 126 Å². The Bertz CT molecular complexity index is 1080. The molecule has 0 radical (unpaired) electrons. The molecule has 1 aromatic carbocycles. The van der Waals surface area contributed by atoms with Crippen LogP contribution in [0.5, 0.6) is 0 Å². The number of aromatic nitrogens is 3. The lowest BCUT2D eigenvalue weighted by molar-refractivity contribution is -0.141. The summed E-state index contributed by atoms with van der Waals surface area (Å²) in [5.74, 6) is -0.497. The van der Waals surface area contributed by atoms with E-state index in [9.17, 15) is 18.0 Å². The fourth-order valence-corrected chi connectivity index (χ4v) is 3.97. The van der Waals surface area contributed by atoms with E-state index >= 15 is 0 Å². The van der Waals surface area contributed by atoms with Crippen molar-refractivity contribution in [2.75, 3.05) is 29.0 Å². The molecular formula is C18H18F3N7OS. The summed E-state index contributed by atoms with van der Waals surface area (Å²) in [5.41, 5.74) is 12.8. The standard InChI is InChI=1S/C18H18F3N7OS/c19-18(20,21)15-6-12(26-27-15)17-25-13(8-30-17)16(29)24-11-5-9(22)1-2-14(11)28-4-3-10(23)7-28/h1-2,5-6,8,10H,3-4,7,22-23H2,(H,24,29)(H,26,27). The number of thiazole rings is 1. The lowest BCUT2D eigenvalue weighted by Crippen LogP contribution is -2.27. The highest BCUT2D eigenvalue weighted by Gasteiger charge is 2.34. The molecule has 30 heavy (non-hydrogen) atoms. The third-order valence-corrected chi connectivity index (χ3v) is 5.55. The molecule has 1 unspecified atom stereocenters. The van der Waals surface area contributed by atoms with Gasteiger partial charge in [0.15, 0.2) is 5.69 Å². The first kappa shape index (κ1) is 20.2. The fraction of sp³-hybridized carbons (Fsp3) is 0.278. The molecule has 12 heteroatoms. The van der Waals surface area contributed by atoms with Crippen LogP contribution in [0, 0.1) is 0 Å². The van der Waals surface area contributed by atoms with Crippen molar-refractivity contribution in [2.24, 2.45) is 5.73 Å². The monoisotopic (exact) mass is 437 g/mol. The molecule has 1 saturated heterocycles. The maximum absolute atomic E-state index is 12.7. The SMILES string of the molecule is Nc1ccc(N2CCC(N)C2)c(NC(=O)c2csc(-c3cc(C(F)(F)F)n[nH]3)n2)c1. The third-order valence-electron chi connectivity index (χ3n) is 4.67. The Hall–Kier alpha value is -3.12. The summed E-state index contributed by atoms with van der Waals surface area (Å²) in [4.78, 5) is 18.9. The number of alkyl halides is 3. The molecule has 0 spiro atoms. The molecule has 2 aromatic heterocycles. The van der Waals surface area contributed by atoms with Gasteiger partial charge in [-0.25, -0.2) is 4.98 Å². The zero-order valence-corrected chi connectivity index (χ0v) is 16.3. The highest BCUT2D eigenvalue weighted by molar-refractivity contribution is 7.13. The van der Waals surface area contributed by atoms with E-state index in [1.54, 1.807) is 12.1 Å². The number of carbonyl (C=O) groups excluding carboxylic acids is 1. The lowest BCUT2D eigenvalue weighted by atomic mass is 10.2. The van der Waals surface area contributed by atoms with Gasteiger partial charge in [-0.15, -0.1) is 11.3 Å². The maximum Gasteiger partial charge on any atom is 0.435 e. The van der Waals surface area contributed by atoms with Crippen LogP contribution in [0.2, 0.25) is 0 Å². The van der Waals surface area contributed by atoms with Crippen LogP contribution in [0.3, 0.4) is 0 Å². The van der Waals surface area contributed by atoms with Gasteiger partial charge in [0.25, 0.3) is 5.91 Å². The predicted octanol–water partition coefficient (Wildman–Crippen LogP) is 2.92. The molecule has 3 heterocycles. The molecule has 6 N–H and O–H groups in total. The van der Waals surface area contributed by atoms with Gasteiger partial charge in [-0.1, -0.05) is 0 Å². The zero-order chi connectivity index (χ0) is 21.5. The van der Waals surface area contributed by atoms with Gasteiger partial charge in [-0.2, -0.15) is 18.3 Å². The summed E-state index contributed by atoms with van der Waals surface area (Å²) < 4.78 is 38.2. The van der Waals surface area contributed by atoms with E-state index in [0.29, 0.717) is 17.9 Å². The van der Waals surface area contributed by atoms with Crippen molar-refractivity contribution in [3.8, 4) is 10.7 Å². The van der Waals surface area contributed by atoms with Gasteiger partial charge in [-0.3, -0.25) is 9.89 Å². The third kappa shape index (κ3) is 4.09. The van der Waals surface area contributed by atoms with Gasteiger partial charge < -0.3 is 21.7 Å². The van der Waals surface area contributed by atoms with Crippen molar-refractivity contribution in [1.82, 2.24) is 15.2 Å². The van der Waals surface area contributed by atoms with E-state index < -0.39 is 17.8 Å². The van der Waals surface area contributed by atoms with Crippen molar-refractivity contribution < 1.29 is 18.0 Å². The number of hydrogen-bond acceptors (Lipinski definition) is 7. The second-order valence-electron chi connectivity index (χ2n) is 6.93. The number of carbonyl (C=O) groups is 1. The van der Waals surface area contributed by atoms with E-state index in [2.05, 4.69) is 25.4 Å². The number of amides is 1. The minimum atomic E-state index is -4.56. The Balaban J connectivity index is 1.54. The van der Waals surface area contributed by atoms with E-state index in [1.807, 2.05) is 6.07 Å². The van der Waals surface area contributed by atoms with E-state index in [4.69, 9.17) is 11.5 Å². The first-order valence-electron chi connectivity index (χ1n) is 9.00. The van der Waals surface area contributed by atoms with Crippen molar-refractivity contribution in [3.63, 3.8) is 0 Å². The summed E-state index contributed by atoms with van der Waals surface area (Å²) in [6, 6.07) is 6.12. The molecule has 0 bridgehead atoms. The van der Waals surface area contributed by atoms with Crippen LogP contribution in [-0.2, 0) is 6.18 Å². The Morgan fingerprint density at radius 1 is 1.33 bits per heavy atom. The lowest BCUT2D eigenvalue weighted by Gasteiger charge is -2.22. The molecule has 1 fully saturated rings. The van der Waals surface area contributed by atoms with E-state index in [-0.39, 0.29) is 22.4 Å². The predicted molar refractivity (Wildman–Crippen MR) is 108 cm³/mol. The van der Waals surface area contributed by atoms with Crippen LogP contribution in [0.15, 0.2) is 29.6 Å². The highest BCUT2D eigenvalue weighted by Crippen LogP contribution is 2.33. The Labute approximate surface area is 173 Å². The number of nitrogens with zero attached hydrogens (tertiary/aromatic N) is 3. The minimum absolute atomic E-state index is 0.0585. The molecule has 8 nitrogen and oxygen atoms in total. The largest absolute Gasteiger partial charge is 0.435 e. The molecule has 1 aliphatic heterocycles. The van der Waals surface area contributed by atoms with Crippen molar-refractivity contribution in [3.05, 3.63) is 41.0 Å². The molecular weight excluding hydrogens is 419 g/mol. The van der Waals surface area contributed by atoms with E-state index in [1.165, 1.54) is 5.38 Å². The molecule has 4 rings (SSSR count). The maximum atomic E-state index is 12.7. The van der Waals surface area contributed by atoms with Crippen molar-refractivity contribution in [2.45, 2.75) is 18.6 Å². The number of nitrogen functional groups attached to an aromatic ring is 1. The van der Waals surface area contributed by atoms with Crippen LogP contribution in [0.25, 0.3) is 10.7 Å². The quantitative estimate of drug-likeness (QED) is 0.465. The first-order chi connectivity index (χ1) is 14.2. The van der Waals surface area contributed by atoms with Crippen LogP contribution in [-0.4, -0.2) is 40.2 Å². The summed E-state index contributed by atoms with van der Waals surface area (Å²) in [7, 11) is 0. The number of anilines is 3. The second kappa shape index (κ2) is 7.61. The summed E-state index contributed by atoms with van der Waals surface area (Å²) in [5, 5.41) is 10.0. The van der Waals surface area contributed by atoms with Gasteiger partial charge in [0.2, 0.25) is 0 Å². The summed E-state index contributed by atoms with van der Waals surface area (Å²) >= 11 is 1.04. The molecule has 0 saturated carbocycles. The molecule has 158 valence electrons. The number of benzene rings is 1. The number of aromatic amines is 1. The Kier molecular flexibility index (Phi) is 5.12. The Morgan fingerprint density at radius 2 is 2.13 bits per heavy atom. The van der Waals surface area contributed by atoms with Gasteiger partial charge in [0.1, 0.15) is 10.7 Å². The van der Waals surface area contributed by atoms with Crippen LogP contribution < -0.4 is 21.7 Å². The number of halogens is 3. The minimum Gasteiger partial charge on any atom is -0.399 e. The number of H-pyrrole nitrogens is 1. The van der Waals surface area contributed by atoms with Crippen LogP contribution in [0.4, 0.5) is 30.2 Å². The van der Waals surface area contributed by atoms with Crippen LogP contribution >= 0.6 is 11.3 Å². The normalized spacial score (nSPS) is 16.8. The number of hydrogen-bond donors (Lipinski definition) is 4. The zero-order valence-electron chi connectivity index (χ0n) is 15.5. The average molecular weight is 437 g/mol. The smallest absolute Gasteiger partial charge is 0.399 e. The first-order valence-corrected chi connectivity index (χ1v) is 9.88. The number of nitrogens with one attached hydrogen (secondary N) is 2. The number of rotatable bonds is 4. The molecule has 1 amide bonds. The average Bonchev–Trinajstić information content (AvgIpc) is 3.41. The van der Waals surface area contributed by atoms with Gasteiger partial charge in [0, 0.05) is 30.2 Å². The Morgan fingerprint density at radius 3 is 2.80 bits per heavy atom. The summed E-state index contributed by atoms with van der Waals surface area (Å²) in [6.07, 6.45) is -3.72. The van der Waals surface area contributed by atoms with Crippen molar-refractivity contribution >= 4 is 34.3 Å². The van der Waals surface area contributed by atoms with Gasteiger partial charge in [0.05, 0.1) is 17.1 Å².